The zero-order valence-corrected chi connectivity index (χ0v) is 17.6. The number of rotatable bonds is 13. The minimum atomic E-state index is 0. The van der Waals surface area contributed by atoms with Crippen LogP contribution in [0.15, 0.2) is 0 Å². The summed E-state index contributed by atoms with van der Waals surface area (Å²) in [4.78, 5) is 0. The van der Waals surface area contributed by atoms with Gasteiger partial charge in [-0.2, -0.15) is 0 Å². The highest BCUT2D eigenvalue weighted by atomic mass is 35.5. The van der Waals surface area contributed by atoms with Gasteiger partial charge in [-0.25, -0.2) is 0 Å². The van der Waals surface area contributed by atoms with Crippen molar-refractivity contribution >= 4 is 12.4 Å². The molecule has 0 atom stereocenters. The van der Waals surface area contributed by atoms with Crippen LogP contribution in [0, 0.1) is 0 Å². The van der Waals surface area contributed by atoms with Crippen LogP contribution >= 0.6 is 12.4 Å². The van der Waals surface area contributed by atoms with Crippen molar-refractivity contribution in [3.8, 4) is 0 Å². The molecule has 0 spiro atoms. The smallest absolute Gasteiger partial charge is 0.0780 e. The second-order valence-corrected chi connectivity index (χ2v) is 6.90. The fourth-order valence-electron chi connectivity index (χ4n) is 2.43. The minimum Gasteiger partial charge on any atom is -1.00 e. The molecule has 22 heavy (non-hydrogen) atoms. The summed E-state index contributed by atoms with van der Waals surface area (Å²) in [6.07, 6.45) is 17.4. The van der Waals surface area contributed by atoms with E-state index in [1.54, 1.807) is 0 Å². The van der Waals surface area contributed by atoms with Gasteiger partial charge in [-0.3, -0.25) is 0 Å². The normalized spacial score (nSPS) is 10.1. The fourth-order valence-corrected chi connectivity index (χ4v) is 2.43. The van der Waals surface area contributed by atoms with Gasteiger partial charge in [0.05, 0.1) is 27.7 Å². The average Bonchev–Trinajstić information content (AvgIpc) is 2.41. The van der Waals surface area contributed by atoms with Crippen molar-refractivity contribution in [2.75, 3.05) is 34.7 Å². The van der Waals surface area contributed by atoms with Crippen LogP contribution < -0.4 is 18.1 Å². The predicted molar refractivity (Wildman–Crippen MR) is 101 cm³/mol. The number of hydrogen-bond donors (Lipinski definition) is 1. The van der Waals surface area contributed by atoms with E-state index in [0.29, 0.717) is 0 Å². The van der Waals surface area contributed by atoms with Crippen molar-refractivity contribution < 1.29 is 16.9 Å². The Hall–Kier alpha value is 0.500. The zero-order valence-electron chi connectivity index (χ0n) is 16.0. The first-order valence-electron chi connectivity index (χ1n) is 8.94. The lowest BCUT2D eigenvalue weighted by atomic mass is 10.1. The van der Waals surface area contributed by atoms with Gasteiger partial charge in [0, 0.05) is 0 Å². The van der Waals surface area contributed by atoms with Gasteiger partial charge in [-0.05, 0) is 19.9 Å². The second kappa shape index (κ2) is 23.8. The van der Waals surface area contributed by atoms with Crippen molar-refractivity contribution in [3.05, 3.63) is 0 Å². The number of unbranched alkanes of at least 4 members (excludes halogenated alkanes) is 11. The molecule has 0 bridgehead atoms. The van der Waals surface area contributed by atoms with Crippen molar-refractivity contribution in [1.82, 2.24) is 0 Å². The first-order valence-corrected chi connectivity index (χ1v) is 8.94. The van der Waals surface area contributed by atoms with Gasteiger partial charge in [-0.15, -0.1) is 12.4 Å². The minimum absolute atomic E-state index is 0. The molecule has 0 aromatic rings. The number of nitrogens with two attached hydrogens (primary N) is 1. The van der Waals surface area contributed by atoms with Crippen LogP contribution in [0.25, 0.3) is 0 Å². The Labute approximate surface area is 154 Å². The maximum absolute atomic E-state index is 4.50. The highest BCUT2D eigenvalue weighted by Crippen LogP contribution is 2.12. The molecule has 0 aromatic heterocycles. The number of nitrogens with zero attached hydrogens (tertiary/aromatic N) is 1. The van der Waals surface area contributed by atoms with Crippen LogP contribution in [0.1, 0.15) is 84.0 Å². The molecule has 0 heterocycles. The molecule has 4 heteroatoms. The molecule has 0 aliphatic heterocycles. The highest BCUT2D eigenvalue weighted by molar-refractivity contribution is 5.85. The molecule has 0 aliphatic rings. The molecular weight excluding hydrogens is 315 g/mol. The van der Waals surface area contributed by atoms with E-state index >= 15 is 0 Å². The molecule has 140 valence electrons. The summed E-state index contributed by atoms with van der Waals surface area (Å²) in [5, 5.41) is 0. The van der Waals surface area contributed by atoms with Gasteiger partial charge in [0.1, 0.15) is 0 Å². The molecule has 0 unspecified atom stereocenters. The summed E-state index contributed by atoms with van der Waals surface area (Å²) in [5.41, 5.74) is 4.50. The average molecular weight is 359 g/mol. The SMILES string of the molecule is CCCCCCCCCCCCCC[N+](C)(C)C.CN.Cl.[Cl-]. The van der Waals surface area contributed by atoms with Crippen LogP contribution in [0.2, 0.25) is 0 Å². The molecule has 0 aliphatic carbocycles. The third-order valence-electron chi connectivity index (χ3n) is 3.68. The van der Waals surface area contributed by atoms with E-state index in [1.165, 1.54) is 90.6 Å². The maximum Gasteiger partial charge on any atom is 0.0780 e. The first-order chi connectivity index (χ1) is 9.56. The van der Waals surface area contributed by atoms with Crippen LogP contribution in [-0.4, -0.2) is 39.2 Å². The Morgan fingerprint density at radius 2 is 0.864 bits per heavy atom. The Kier molecular flexibility index (Phi) is 32.8. The lowest BCUT2D eigenvalue weighted by molar-refractivity contribution is -0.870. The lowest BCUT2D eigenvalue weighted by Crippen LogP contribution is -3.00. The fraction of sp³-hybridized carbons (Fsp3) is 1.00. The summed E-state index contributed by atoms with van der Waals surface area (Å²) in [6.45, 7) is 3.62. The van der Waals surface area contributed by atoms with E-state index in [-0.39, 0.29) is 24.8 Å². The van der Waals surface area contributed by atoms with Gasteiger partial charge in [0.15, 0.2) is 0 Å². The molecule has 0 amide bonds. The second-order valence-electron chi connectivity index (χ2n) is 6.90. The molecule has 0 rings (SSSR count). The molecule has 2 nitrogen and oxygen atoms in total. The Balaban J connectivity index is -0.000000387. The van der Waals surface area contributed by atoms with E-state index in [1.807, 2.05) is 0 Å². The third-order valence-corrected chi connectivity index (χ3v) is 3.68. The summed E-state index contributed by atoms with van der Waals surface area (Å²) >= 11 is 0. The molecular formula is C18H44Cl2N2. The van der Waals surface area contributed by atoms with Gasteiger partial charge in [-0.1, -0.05) is 71.1 Å². The Morgan fingerprint density at radius 1 is 0.591 bits per heavy atom. The number of quaternary nitrogens is 1. The molecule has 0 saturated heterocycles. The van der Waals surface area contributed by atoms with Crippen molar-refractivity contribution in [3.63, 3.8) is 0 Å². The van der Waals surface area contributed by atoms with E-state index in [9.17, 15) is 0 Å². The Morgan fingerprint density at radius 3 is 1.14 bits per heavy atom. The van der Waals surface area contributed by atoms with Crippen molar-refractivity contribution in [2.24, 2.45) is 5.73 Å². The van der Waals surface area contributed by atoms with Gasteiger partial charge in [0.25, 0.3) is 0 Å². The predicted octanol–water partition coefficient (Wildman–Crippen LogP) is 2.39. The summed E-state index contributed by atoms with van der Waals surface area (Å²) in [6, 6.07) is 0. The van der Waals surface area contributed by atoms with Gasteiger partial charge >= 0.3 is 0 Å². The first kappa shape index (κ1) is 30.4. The quantitative estimate of drug-likeness (QED) is 0.397. The third kappa shape index (κ3) is 32.4. The summed E-state index contributed by atoms with van der Waals surface area (Å²) in [5.74, 6) is 0. The highest BCUT2D eigenvalue weighted by Gasteiger charge is 2.04. The molecule has 0 fully saturated rings. The van der Waals surface area contributed by atoms with E-state index in [0.717, 1.165) is 4.48 Å². The summed E-state index contributed by atoms with van der Waals surface area (Å²) < 4.78 is 1.12. The van der Waals surface area contributed by atoms with Crippen LogP contribution in [-0.2, 0) is 0 Å². The molecule has 0 aromatic carbocycles. The van der Waals surface area contributed by atoms with Crippen molar-refractivity contribution in [1.29, 1.82) is 0 Å². The molecule has 0 radical (unpaired) electrons. The van der Waals surface area contributed by atoms with Crippen LogP contribution in [0.4, 0.5) is 0 Å². The molecule has 2 N–H and O–H groups in total. The zero-order chi connectivity index (χ0) is 15.7. The van der Waals surface area contributed by atoms with E-state index in [4.69, 9.17) is 0 Å². The standard InChI is InChI=1S/C17H38N.CH5N.2ClH/c1-5-6-7-8-9-10-11-12-13-14-15-16-17-18(2,3)4;1-2;;/h5-17H2,1-4H3;2H2,1H3;2*1H/q+1;;;/p-1. The summed E-state index contributed by atoms with van der Waals surface area (Å²) in [7, 11) is 8.37. The monoisotopic (exact) mass is 358 g/mol. The van der Waals surface area contributed by atoms with Crippen LogP contribution in [0.5, 0.6) is 0 Å². The van der Waals surface area contributed by atoms with E-state index < -0.39 is 0 Å². The van der Waals surface area contributed by atoms with Crippen LogP contribution in [0.3, 0.4) is 0 Å². The number of halogens is 2. The van der Waals surface area contributed by atoms with Gasteiger partial charge < -0.3 is 22.6 Å². The van der Waals surface area contributed by atoms with E-state index in [2.05, 4.69) is 33.8 Å². The van der Waals surface area contributed by atoms with Crippen molar-refractivity contribution in [2.45, 2.75) is 84.0 Å². The maximum atomic E-state index is 4.50. The topological polar surface area (TPSA) is 26.0 Å². The largest absolute Gasteiger partial charge is 1.00 e. The number of hydrogen-bond acceptors (Lipinski definition) is 1. The van der Waals surface area contributed by atoms with Gasteiger partial charge in [0.2, 0.25) is 0 Å². The Bertz CT molecular complexity index is 171. The lowest BCUT2D eigenvalue weighted by Gasteiger charge is -2.23. The molecule has 0 saturated carbocycles.